The average Bonchev–Trinajstić information content (AvgIpc) is 3.32. The van der Waals surface area contributed by atoms with Crippen LogP contribution in [-0.2, 0) is 9.47 Å². The fourth-order valence-corrected chi connectivity index (χ4v) is 4.67. The van der Waals surface area contributed by atoms with Crippen molar-refractivity contribution in [1.82, 2.24) is 14.9 Å². The first-order valence-corrected chi connectivity index (χ1v) is 10.3. The standard InChI is InChI=1S/C23H27N3O3/c1-13-5-7-16-14(9-13)6-8-17-20(16)25-21(24-17)18-10-15-11-28-12-19(15)26(18)22(27)29-23(2,3)4/h5-9,15,18-19H,10-12H2,1-4H3,(H,24,25)/t15-,18+,19+/m1/s1. The summed E-state index contributed by atoms with van der Waals surface area (Å²) in [4.78, 5) is 23.4. The lowest BCUT2D eigenvalue weighted by molar-refractivity contribution is 0.00967. The Morgan fingerprint density at radius 1 is 1.24 bits per heavy atom. The molecule has 2 saturated heterocycles. The molecule has 6 nitrogen and oxygen atoms in total. The first kappa shape index (κ1) is 18.4. The number of aromatic amines is 1. The van der Waals surface area contributed by atoms with Crippen LogP contribution in [0.1, 0.15) is 44.6 Å². The second kappa shape index (κ2) is 6.46. The molecule has 1 N–H and O–H groups in total. The minimum Gasteiger partial charge on any atom is -0.444 e. The van der Waals surface area contributed by atoms with Crippen molar-refractivity contribution in [2.24, 2.45) is 5.92 Å². The molecule has 5 rings (SSSR count). The molecule has 0 radical (unpaired) electrons. The quantitative estimate of drug-likeness (QED) is 0.649. The Labute approximate surface area is 170 Å². The molecule has 2 aliphatic heterocycles. The van der Waals surface area contributed by atoms with Crippen LogP contribution in [0.4, 0.5) is 4.79 Å². The van der Waals surface area contributed by atoms with Crippen LogP contribution >= 0.6 is 0 Å². The van der Waals surface area contributed by atoms with E-state index in [-0.39, 0.29) is 18.2 Å². The summed E-state index contributed by atoms with van der Waals surface area (Å²) in [5, 5.41) is 2.30. The van der Waals surface area contributed by atoms with Gasteiger partial charge in [-0.15, -0.1) is 0 Å². The smallest absolute Gasteiger partial charge is 0.411 e. The zero-order chi connectivity index (χ0) is 20.3. The number of hydrogen-bond acceptors (Lipinski definition) is 4. The van der Waals surface area contributed by atoms with E-state index in [4.69, 9.17) is 14.5 Å². The van der Waals surface area contributed by atoms with Crippen LogP contribution in [0.3, 0.4) is 0 Å². The molecule has 0 spiro atoms. The van der Waals surface area contributed by atoms with E-state index in [1.807, 2.05) is 25.7 Å². The normalized spacial score (nSPS) is 24.4. The van der Waals surface area contributed by atoms with E-state index < -0.39 is 5.60 Å². The van der Waals surface area contributed by atoms with Crippen LogP contribution in [0.15, 0.2) is 30.3 Å². The van der Waals surface area contributed by atoms with Gasteiger partial charge < -0.3 is 14.5 Å². The number of ether oxygens (including phenoxy) is 2. The molecule has 3 aromatic rings. The largest absolute Gasteiger partial charge is 0.444 e. The summed E-state index contributed by atoms with van der Waals surface area (Å²) in [7, 11) is 0. The molecule has 0 saturated carbocycles. The van der Waals surface area contributed by atoms with Crippen molar-refractivity contribution in [3.05, 3.63) is 41.7 Å². The van der Waals surface area contributed by atoms with Gasteiger partial charge >= 0.3 is 6.09 Å². The van der Waals surface area contributed by atoms with Gasteiger partial charge in [0.15, 0.2) is 0 Å². The molecule has 29 heavy (non-hydrogen) atoms. The minimum absolute atomic E-state index is 0.0439. The Kier molecular flexibility index (Phi) is 4.10. The maximum Gasteiger partial charge on any atom is 0.411 e. The molecule has 0 bridgehead atoms. The molecule has 2 fully saturated rings. The fraction of sp³-hybridized carbons (Fsp3) is 0.478. The zero-order valence-electron chi connectivity index (χ0n) is 17.4. The highest BCUT2D eigenvalue weighted by Gasteiger charge is 2.49. The van der Waals surface area contributed by atoms with Gasteiger partial charge in [0.2, 0.25) is 0 Å². The number of rotatable bonds is 1. The predicted molar refractivity (Wildman–Crippen MR) is 112 cm³/mol. The maximum absolute atomic E-state index is 13.1. The number of fused-ring (bicyclic) bond motifs is 4. The van der Waals surface area contributed by atoms with Crippen molar-refractivity contribution in [2.75, 3.05) is 13.2 Å². The topological polar surface area (TPSA) is 67.5 Å². The minimum atomic E-state index is -0.541. The van der Waals surface area contributed by atoms with E-state index in [1.165, 1.54) is 10.9 Å². The lowest BCUT2D eigenvalue weighted by Gasteiger charge is -2.31. The highest BCUT2D eigenvalue weighted by atomic mass is 16.6. The van der Waals surface area contributed by atoms with Crippen molar-refractivity contribution >= 4 is 27.9 Å². The monoisotopic (exact) mass is 393 g/mol. The van der Waals surface area contributed by atoms with E-state index in [1.54, 1.807) is 0 Å². The first-order chi connectivity index (χ1) is 13.8. The Balaban J connectivity index is 1.56. The van der Waals surface area contributed by atoms with E-state index in [2.05, 4.69) is 42.2 Å². The fourth-order valence-electron chi connectivity index (χ4n) is 4.67. The number of nitrogens with one attached hydrogen (secondary N) is 1. The highest BCUT2D eigenvalue weighted by Crippen LogP contribution is 2.43. The molecular weight excluding hydrogens is 366 g/mol. The zero-order valence-corrected chi connectivity index (χ0v) is 17.4. The van der Waals surface area contributed by atoms with Gasteiger partial charge in [0.1, 0.15) is 11.4 Å². The number of amides is 1. The van der Waals surface area contributed by atoms with Crippen LogP contribution < -0.4 is 0 Å². The summed E-state index contributed by atoms with van der Waals surface area (Å²) in [6, 6.07) is 10.5. The molecule has 1 amide bonds. The third-order valence-electron chi connectivity index (χ3n) is 5.95. The van der Waals surface area contributed by atoms with Gasteiger partial charge in [-0.2, -0.15) is 0 Å². The van der Waals surface area contributed by atoms with Gasteiger partial charge in [0.25, 0.3) is 0 Å². The van der Waals surface area contributed by atoms with Crippen LogP contribution in [0.2, 0.25) is 0 Å². The van der Waals surface area contributed by atoms with Crippen molar-refractivity contribution in [1.29, 1.82) is 0 Å². The van der Waals surface area contributed by atoms with Gasteiger partial charge in [0, 0.05) is 11.3 Å². The van der Waals surface area contributed by atoms with E-state index in [9.17, 15) is 4.79 Å². The van der Waals surface area contributed by atoms with Gasteiger partial charge in [-0.1, -0.05) is 29.8 Å². The van der Waals surface area contributed by atoms with E-state index >= 15 is 0 Å². The Bertz CT molecular complexity index is 1100. The lowest BCUT2D eigenvalue weighted by Crippen LogP contribution is -2.43. The number of carbonyl (C=O) groups is 1. The van der Waals surface area contributed by atoms with Crippen LogP contribution in [0.5, 0.6) is 0 Å². The number of likely N-dealkylation sites (tertiary alicyclic amines) is 1. The lowest BCUT2D eigenvalue weighted by atomic mass is 10.0. The Hall–Kier alpha value is -2.60. The summed E-state index contributed by atoms with van der Waals surface area (Å²) < 4.78 is 11.4. The molecule has 3 heterocycles. The van der Waals surface area contributed by atoms with E-state index in [0.29, 0.717) is 19.1 Å². The third-order valence-corrected chi connectivity index (χ3v) is 5.95. The summed E-state index contributed by atoms with van der Waals surface area (Å²) in [5.74, 6) is 1.15. The maximum atomic E-state index is 13.1. The molecule has 2 aliphatic rings. The number of hydrogen-bond donors (Lipinski definition) is 1. The highest BCUT2D eigenvalue weighted by molar-refractivity contribution is 6.04. The number of carbonyl (C=O) groups excluding carboxylic acids is 1. The molecule has 6 heteroatoms. The number of benzene rings is 2. The van der Waals surface area contributed by atoms with Crippen LogP contribution in [-0.4, -0.2) is 45.8 Å². The molecule has 152 valence electrons. The van der Waals surface area contributed by atoms with Crippen LogP contribution in [0.25, 0.3) is 21.8 Å². The number of aromatic nitrogens is 2. The molecule has 0 unspecified atom stereocenters. The third kappa shape index (κ3) is 3.15. The molecular formula is C23H27N3O3. The number of H-pyrrole nitrogens is 1. The van der Waals surface area contributed by atoms with Crippen molar-refractivity contribution < 1.29 is 14.3 Å². The van der Waals surface area contributed by atoms with Crippen LogP contribution in [0, 0.1) is 12.8 Å². The van der Waals surface area contributed by atoms with E-state index in [0.717, 1.165) is 28.7 Å². The Morgan fingerprint density at radius 2 is 2.07 bits per heavy atom. The number of imidazole rings is 1. The molecule has 2 aromatic carbocycles. The van der Waals surface area contributed by atoms with Gasteiger partial charge in [0.05, 0.1) is 36.3 Å². The predicted octanol–water partition coefficient (Wildman–Crippen LogP) is 4.72. The van der Waals surface area contributed by atoms with Crippen molar-refractivity contribution in [2.45, 2.75) is 51.8 Å². The second-order valence-electron chi connectivity index (χ2n) is 9.31. The van der Waals surface area contributed by atoms with Gasteiger partial charge in [-0.25, -0.2) is 9.78 Å². The number of nitrogens with zero attached hydrogens (tertiary/aromatic N) is 2. The van der Waals surface area contributed by atoms with Gasteiger partial charge in [-0.3, -0.25) is 4.90 Å². The average molecular weight is 393 g/mol. The van der Waals surface area contributed by atoms with Crippen molar-refractivity contribution in [3.63, 3.8) is 0 Å². The summed E-state index contributed by atoms with van der Waals surface area (Å²) in [6.07, 6.45) is 0.544. The summed E-state index contributed by atoms with van der Waals surface area (Å²) in [5.41, 5.74) is 2.64. The second-order valence-corrected chi connectivity index (χ2v) is 9.31. The molecule has 0 aliphatic carbocycles. The summed E-state index contributed by atoms with van der Waals surface area (Å²) >= 11 is 0. The Morgan fingerprint density at radius 3 is 2.86 bits per heavy atom. The SMILES string of the molecule is Cc1ccc2c(ccc3[nH]c([C@@H]4C[C@@H]5COC[C@@H]5N4C(=O)OC(C)(C)C)nc32)c1. The van der Waals surface area contributed by atoms with Crippen molar-refractivity contribution in [3.8, 4) is 0 Å². The molecule has 1 aromatic heterocycles. The summed E-state index contributed by atoms with van der Waals surface area (Å²) in [6.45, 7) is 9.03. The molecule has 3 atom stereocenters. The number of aryl methyl sites for hydroxylation is 1. The van der Waals surface area contributed by atoms with Gasteiger partial charge in [-0.05, 0) is 45.6 Å². The first-order valence-electron chi connectivity index (χ1n) is 10.3.